The van der Waals surface area contributed by atoms with Crippen LogP contribution < -0.4 is 10.6 Å². The fourth-order valence-corrected chi connectivity index (χ4v) is 4.75. The Labute approximate surface area is 169 Å². The Balaban J connectivity index is 1.88. The van der Waals surface area contributed by atoms with Gasteiger partial charge in [-0.25, -0.2) is 0 Å². The van der Waals surface area contributed by atoms with Crippen LogP contribution in [0.1, 0.15) is 77.0 Å². The lowest BCUT2D eigenvalue weighted by Gasteiger charge is -2.29. The molecule has 0 aromatic rings. The lowest BCUT2D eigenvalue weighted by atomic mass is 9.85. The highest BCUT2D eigenvalue weighted by Crippen LogP contribution is 2.30. The number of allylic oxidation sites excluding steroid dienone is 1. The van der Waals surface area contributed by atoms with Crippen molar-refractivity contribution in [3.8, 4) is 0 Å². The minimum atomic E-state index is -0.527. The van der Waals surface area contributed by atoms with E-state index in [1.165, 1.54) is 19.3 Å². The summed E-state index contributed by atoms with van der Waals surface area (Å²) in [5, 5.41) is 25.3. The second-order valence-corrected chi connectivity index (χ2v) is 8.75. The average molecular weight is 395 g/mol. The van der Waals surface area contributed by atoms with Crippen molar-refractivity contribution >= 4 is 11.8 Å². The predicted molar refractivity (Wildman–Crippen MR) is 110 cm³/mol. The first-order chi connectivity index (χ1) is 13.5. The summed E-state index contributed by atoms with van der Waals surface area (Å²) in [6.45, 7) is 3.57. The van der Waals surface area contributed by atoms with Crippen LogP contribution in [0.3, 0.4) is 0 Å². The van der Waals surface area contributed by atoms with Crippen LogP contribution in [-0.2, 0) is 9.59 Å². The van der Waals surface area contributed by atoms with Gasteiger partial charge in [-0.05, 0) is 31.6 Å². The highest BCUT2D eigenvalue weighted by atomic mass is 16.3. The quantitative estimate of drug-likeness (QED) is 0.405. The van der Waals surface area contributed by atoms with E-state index in [0.29, 0.717) is 12.3 Å². The Bertz CT molecular complexity index is 511. The Morgan fingerprint density at radius 1 is 1.11 bits per heavy atom. The maximum absolute atomic E-state index is 12.8. The van der Waals surface area contributed by atoms with Crippen molar-refractivity contribution in [2.75, 3.05) is 13.2 Å². The van der Waals surface area contributed by atoms with Gasteiger partial charge in [0.15, 0.2) is 0 Å². The minimum Gasteiger partial charge on any atom is -0.394 e. The minimum absolute atomic E-state index is 0.0644. The van der Waals surface area contributed by atoms with E-state index >= 15 is 0 Å². The van der Waals surface area contributed by atoms with Gasteiger partial charge in [0.25, 0.3) is 0 Å². The number of hydrogen-bond acceptors (Lipinski definition) is 4. The first-order valence-electron chi connectivity index (χ1n) is 11.0. The summed E-state index contributed by atoms with van der Waals surface area (Å²) < 4.78 is 0. The van der Waals surface area contributed by atoms with Crippen LogP contribution in [-0.4, -0.2) is 46.8 Å². The molecule has 2 fully saturated rings. The number of aliphatic hydroxyl groups is 2. The van der Waals surface area contributed by atoms with E-state index in [9.17, 15) is 19.8 Å². The molecule has 2 amide bonds. The van der Waals surface area contributed by atoms with E-state index in [1.807, 2.05) is 0 Å². The number of nitrogens with one attached hydrogen (secondary N) is 2. The fraction of sp³-hybridized carbons (Fsp3) is 0.818. The molecule has 2 aliphatic carbocycles. The van der Waals surface area contributed by atoms with Crippen LogP contribution in [0.2, 0.25) is 0 Å². The average Bonchev–Trinajstić information content (AvgIpc) is 3.16. The second-order valence-electron chi connectivity index (χ2n) is 8.75. The topological polar surface area (TPSA) is 98.7 Å². The van der Waals surface area contributed by atoms with Crippen molar-refractivity contribution in [3.63, 3.8) is 0 Å². The van der Waals surface area contributed by atoms with E-state index in [-0.39, 0.29) is 37.5 Å². The van der Waals surface area contributed by atoms with Crippen LogP contribution in [0.25, 0.3) is 0 Å². The number of rotatable bonds is 11. The zero-order valence-corrected chi connectivity index (χ0v) is 17.1. The van der Waals surface area contributed by atoms with Crippen molar-refractivity contribution < 1.29 is 19.8 Å². The maximum atomic E-state index is 12.8. The number of aliphatic hydroxyl groups excluding tert-OH is 2. The summed E-state index contributed by atoms with van der Waals surface area (Å²) in [4.78, 5) is 25.3. The van der Waals surface area contributed by atoms with Crippen LogP contribution in [0.15, 0.2) is 12.7 Å². The Morgan fingerprint density at radius 2 is 1.79 bits per heavy atom. The van der Waals surface area contributed by atoms with E-state index in [0.717, 1.165) is 44.9 Å². The van der Waals surface area contributed by atoms with Crippen LogP contribution >= 0.6 is 0 Å². The SMILES string of the molecule is C=CC[C@H](CC(=O)NC1(CO)CCCC1)C(=O)N[C@H](CO)CC1CCCCC1. The number of hydrogen-bond donors (Lipinski definition) is 4. The number of carbonyl (C=O) groups excluding carboxylic acids is 2. The van der Waals surface area contributed by atoms with Gasteiger partial charge in [0.05, 0.1) is 30.7 Å². The Kier molecular flexibility index (Phi) is 9.45. The van der Waals surface area contributed by atoms with Gasteiger partial charge in [-0.3, -0.25) is 9.59 Å². The summed E-state index contributed by atoms with van der Waals surface area (Å²) in [7, 11) is 0. The molecule has 0 unspecified atom stereocenters. The lowest BCUT2D eigenvalue weighted by molar-refractivity contribution is -0.132. The van der Waals surface area contributed by atoms with Crippen molar-refractivity contribution in [1.82, 2.24) is 10.6 Å². The third-order valence-electron chi connectivity index (χ3n) is 6.43. The van der Waals surface area contributed by atoms with Crippen molar-refractivity contribution in [2.45, 2.75) is 88.6 Å². The molecule has 28 heavy (non-hydrogen) atoms. The van der Waals surface area contributed by atoms with Gasteiger partial charge in [0, 0.05) is 6.42 Å². The highest BCUT2D eigenvalue weighted by Gasteiger charge is 2.35. The highest BCUT2D eigenvalue weighted by molar-refractivity contribution is 5.86. The molecule has 2 aliphatic rings. The molecule has 6 heteroatoms. The van der Waals surface area contributed by atoms with E-state index in [4.69, 9.17) is 0 Å². The molecule has 0 spiro atoms. The monoisotopic (exact) mass is 394 g/mol. The second kappa shape index (κ2) is 11.6. The molecule has 0 aliphatic heterocycles. The molecule has 0 heterocycles. The zero-order chi connectivity index (χ0) is 20.4. The van der Waals surface area contributed by atoms with Crippen LogP contribution in [0.4, 0.5) is 0 Å². The standard InChI is InChI=1S/C22H38N2O4/c1-2-8-18(14-20(27)24-22(16-26)11-6-7-12-22)21(28)23-19(15-25)13-17-9-4-3-5-10-17/h2,17-19,25-26H,1,3-16H2,(H,23,28)(H,24,27)/t18-,19+/m1/s1. The van der Waals surface area contributed by atoms with Gasteiger partial charge in [-0.1, -0.05) is 51.0 Å². The molecular formula is C22H38N2O4. The molecule has 2 saturated carbocycles. The van der Waals surface area contributed by atoms with E-state index < -0.39 is 11.5 Å². The Morgan fingerprint density at radius 3 is 2.36 bits per heavy atom. The van der Waals surface area contributed by atoms with Crippen LogP contribution in [0, 0.1) is 11.8 Å². The van der Waals surface area contributed by atoms with E-state index in [1.54, 1.807) is 6.08 Å². The third-order valence-corrected chi connectivity index (χ3v) is 6.43. The van der Waals surface area contributed by atoms with E-state index in [2.05, 4.69) is 17.2 Å². The number of carbonyl (C=O) groups is 2. The van der Waals surface area contributed by atoms with Crippen LogP contribution in [0.5, 0.6) is 0 Å². The van der Waals surface area contributed by atoms with Gasteiger partial charge in [0.1, 0.15) is 0 Å². The molecule has 160 valence electrons. The first-order valence-corrected chi connectivity index (χ1v) is 11.0. The lowest BCUT2D eigenvalue weighted by Crippen LogP contribution is -2.50. The maximum Gasteiger partial charge on any atom is 0.224 e. The molecule has 0 radical (unpaired) electrons. The van der Waals surface area contributed by atoms with Gasteiger partial charge >= 0.3 is 0 Å². The van der Waals surface area contributed by atoms with Crippen molar-refractivity contribution in [1.29, 1.82) is 0 Å². The molecule has 2 atom stereocenters. The first kappa shape index (κ1) is 22.9. The molecule has 0 aromatic carbocycles. The largest absolute Gasteiger partial charge is 0.394 e. The van der Waals surface area contributed by atoms with Gasteiger partial charge in [-0.2, -0.15) is 0 Å². The fourth-order valence-electron chi connectivity index (χ4n) is 4.75. The smallest absolute Gasteiger partial charge is 0.224 e. The zero-order valence-electron chi connectivity index (χ0n) is 17.1. The molecule has 0 saturated heterocycles. The van der Waals surface area contributed by atoms with Gasteiger partial charge in [0.2, 0.25) is 11.8 Å². The summed E-state index contributed by atoms with van der Waals surface area (Å²) in [5.74, 6) is -0.352. The molecule has 0 bridgehead atoms. The Hall–Kier alpha value is -1.40. The normalized spacial score (nSPS) is 21.6. The molecule has 4 N–H and O–H groups in total. The summed E-state index contributed by atoms with van der Waals surface area (Å²) >= 11 is 0. The molecule has 2 rings (SSSR count). The summed E-state index contributed by atoms with van der Waals surface area (Å²) in [5.41, 5.74) is -0.527. The summed E-state index contributed by atoms with van der Waals surface area (Å²) in [6, 6.07) is -0.260. The predicted octanol–water partition coefficient (Wildman–Crippen LogP) is 2.44. The van der Waals surface area contributed by atoms with Crippen molar-refractivity contribution in [2.24, 2.45) is 11.8 Å². The van der Waals surface area contributed by atoms with Gasteiger partial charge < -0.3 is 20.8 Å². The van der Waals surface area contributed by atoms with Gasteiger partial charge in [-0.15, -0.1) is 6.58 Å². The molecule has 6 nitrogen and oxygen atoms in total. The van der Waals surface area contributed by atoms with Crippen molar-refractivity contribution in [3.05, 3.63) is 12.7 Å². The summed E-state index contributed by atoms with van der Waals surface area (Å²) in [6.07, 6.45) is 12.5. The number of amides is 2. The molecular weight excluding hydrogens is 356 g/mol. The third kappa shape index (κ3) is 6.89. The molecule has 0 aromatic heterocycles.